The van der Waals surface area contributed by atoms with Crippen molar-refractivity contribution in [1.29, 1.82) is 0 Å². The third kappa shape index (κ3) is 4.85. The van der Waals surface area contributed by atoms with Crippen LogP contribution >= 0.6 is 0 Å². The number of hydrogen-bond donors (Lipinski definition) is 2. The van der Waals surface area contributed by atoms with Gasteiger partial charge < -0.3 is 15.6 Å². The minimum atomic E-state index is -2.60. The van der Waals surface area contributed by atoms with Crippen LogP contribution < -0.4 is 10.5 Å². The second kappa shape index (κ2) is 8.88. The number of aliphatic hydroxyl groups excluding tert-OH is 1. The number of rotatable bonds is 8. The molecule has 2 aliphatic rings. The number of alkyl halides is 2. The van der Waals surface area contributed by atoms with Crippen molar-refractivity contribution in [2.75, 3.05) is 25.4 Å². The Morgan fingerprint density at radius 3 is 2.71 bits per heavy atom. The fourth-order valence-corrected chi connectivity index (χ4v) is 4.03. The Hall–Kier alpha value is -2.58. The smallest absolute Gasteiger partial charge is 0.318 e. The van der Waals surface area contributed by atoms with E-state index >= 15 is 0 Å². The summed E-state index contributed by atoms with van der Waals surface area (Å²) in [5.74, 6) is -2.23. The molecule has 1 aromatic heterocycles. The fourth-order valence-electron chi connectivity index (χ4n) is 4.03. The van der Waals surface area contributed by atoms with Crippen molar-refractivity contribution >= 4 is 11.4 Å². The van der Waals surface area contributed by atoms with Crippen LogP contribution in [0.4, 0.5) is 14.6 Å². The molecule has 1 aromatic carbocycles. The van der Waals surface area contributed by atoms with Gasteiger partial charge in [-0.2, -0.15) is 9.97 Å². The van der Waals surface area contributed by atoms with Crippen LogP contribution in [0.25, 0.3) is 5.57 Å². The summed E-state index contributed by atoms with van der Waals surface area (Å²) in [5, 5.41) is 11.0. The van der Waals surface area contributed by atoms with E-state index < -0.39 is 12.0 Å². The van der Waals surface area contributed by atoms with Crippen molar-refractivity contribution < 1.29 is 18.6 Å². The second-order valence-electron chi connectivity index (χ2n) is 8.24. The molecule has 4 rings (SSSR count). The molecule has 1 aliphatic heterocycles. The summed E-state index contributed by atoms with van der Waals surface area (Å²) in [6, 6.07) is 7.63. The minimum absolute atomic E-state index is 0.0908. The Bertz CT molecular complexity index is 963. The number of likely N-dealkylation sites (tertiary alicyclic amines) is 1. The van der Waals surface area contributed by atoms with Crippen LogP contribution in [0.1, 0.15) is 54.7 Å². The van der Waals surface area contributed by atoms with Crippen molar-refractivity contribution in [3.8, 4) is 6.01 Å². The molecule has 166 valence electrons. The molecular weight excluding hydrogens is 402 g/mol. The number of anilines is 1. The summed E-state index contributed by atoms with van der Waals surface area (Å²) in [6.45, 7) is 3.25. The first-order valence-electron chi connectivity index (χ1n) is 10.7. The molecule has 1 aliphatic carbocycles. The zero-order valence-electron chi connectivity index (χ0n) is 17.7. The van der Waals surface area contributed by atoms with E-state index in [1.165, 1.54) is 0 Å². The van der Waals surface area contributed by atoms with Gasteiger partial charge >= 0.3 is 6.01 Å². The Morgan fingerprint density at radius 1 is 1.26 bits per heavy atom. The van der Waals surface area contributed by atoms with Crippen molar-refractivity contribution in [1.82, 2.24) is 14.9 Å². The topological polar surface area (TPSA) is 84.5 Å². The van der Waals surface area contributed by atoms with Gasteiger partial charge in [0.2, 0.25) is 0 Å². The van der Waals surface area contributed by atoms with Gasteiger partial charge in [0, 0.05) is 30.6 Å². The zero-order chi connectivity index (χ0) is 22.0. The summed E-state index contributed by atoms with van der Waals surface area (Å²) >= 11 is 0. The summed E-state index contributed by atoms with van der Waals surface area (Å²) in [5.41, 5.74) is 9.83. The highest BCUT2D eigenvalue weighted by molar-refractivity contribution is 5.77. The second-order valence-corrected chi connectivity index (χ2v) is 8.24. The predicted molar refractivity (Wildman–Crippen MR) is 115 cm³/mol. The molecule has 3 N–H and O–H groups in total. The molecule has 2 aromatic rings. The molecule has 0 amide bonds. The third-order valence-electron chi connectivity index (χ3n) is 5.79. The molecule has 2 heterocycles. The van der Waals surface area contributed by atoms with Gasteiger partial charge in [-0.3, -0.25) is 4.90 Å². The van der Waals surface area contributed by atoms with Gasteiger partial charge in [0.05, 0.1) is 18.8 Å². The summed E-state index contributed by atoms with van der Waals surface area (Å²) in [4.78, 5) is 10.5. The third-order valence-corrected chi connectivity index (χ3v) is 5.79. The van der Waals surface area contributed by atoms with Gasteiger partial charge in [0.1, 0.15) is 11.9 Å². The average Bonchev–Trinajstić information content (AvgIpc) is 3.31. The van der Waals surface area contributed by atoms with Crippen LogP contribution in [0.5, 0.6) is 6.01 Å². The minimum Gasteiger partial charge on any atom is -0.463 e. The van der Waals surface area contributed by atoms with Crippen LogP contribution in [-0.2, 0) is 13.0 Å². The number of ether oxygens (including phenoxy) is 1. The molecule has 6 nitrogen and oxygen atoms in total. The maximum absolute atomic E-state index is 13.4. The van der Waals surface area contributed by atoms with Gasteiger partial charge in [-0.1, -0.05) is 43.7 Å². The highest BCUT2D eigenvalue weighted by atomic mass is 19.3. The Kier molecular flexibility index (Phi) is 6.20. The van der Waals surface area contributed by atoms with E-state index in [0.717, 1.165) is 24.0 Å². The standard InChI is InChI=1S/C23H28F2N4O2/c1-2-3-12-31-22-27-19-17(8-9-18(19)21(26)28-22)20(30)16-6-4-15(5-7-16)13-29-11-10-23(24,25)14-29/h4-8,20,30H,2-3,9-14H2,1H3,(H2,26,27,28). The number of unbranched alkanes of at least 4 members (excludes halogenated alkanes) is 1. The van der Waals surface area contributed by atoms with E-state index in [1.54, 1.807) is 4.90 Å². The summed E-state index contributed by atoms with van der Waals surface area (Å²) in [7, 11) is 0. The Balaban J connectivity index is 1.46. The van der Waals surface area contributed by atoms with Crippen LogP contribution in [0.2, 0.25) is 0 Å². The molecular formula is C23H28F2N4O2. The van der Waals surface area contributed by atoms with Crippen LogP contribution in [0.15, 0.2) is 30.3 Å². The Labute approximate surface area is 180 Å². The van der Waals surface area contributed by atoms with Crippen molar-refractivity contribution in [3.05, 3.63) is 52.7 Å². The largest absolute Gasteiger partial charge is 0.463 e. The lowest BCUT2D eigenvalue weighted by Crippen LogP contribution is -2.24. The molecule has 1 fully saturated rings. The first kappa shape index (κ1) is 21.6. The maximum Gasteiger partial charge on any atom is 0.318 e. The number of benzene rings is 1. The first-order valence-corrected chi connectivity index (χ1v) is 10.7. The number of allylic oxidation sites excluding steroid dienone is 1. The Morgan fingerprint density at radius 2 is 2.03 bits per heavy atom. The molecule has 31 heavy (non-hydrogen) atoms. The molecule has 1 atom stereocenters. The number of fused-ring (bicyclic) bond motifs is 1. The fraction of sp³-hybridized carbons (Fsp3) is 0.478. The van der Waals surface area contributed by atoms with Gasteiger partial charge in [0.15, 0.2) is 0 Å². The monoisotopic (exact) mass is 430 g/mol. The summed E-state index contributed by atoms with van der Waals surface area (Å²) in [6.07, 6.45) is 3.41. The van der Waals surface area contributed by atoms with Crippen molar-refractivity contribution in [3.63, 3.8) is 0 Å². The molecule has 0 bridgehead atoms. The molecule has 1 unspecified atom stereocenters. The van der Waals surface area contributed by atoms with Gasteiger partial charge in [-0.15, -0.1) is 0 Å². The highest BCUT2D eigenvalue weighted by Crippen LogP contribution is 2.38. The van der Waals surface area contributed by atoms with E-state index in [2.05, 4.69) is 16.9 Å². The number of aromatic nitrogens is 2. The molecule has 0 radical (unpaired) electrons. The van der Waals surface area contributed by atoms with E-state index in [4.69, 9.17) is 10.5 Å². The van der Waals surface area contributed by atoms with Crippen molar-refractivity contribution in [2.45, 2.75) is 51.2 Å². The van der Waals surface area contributed by atoms with Crippen LogP contribution in [0.3, 0.4) is 0 Å². The average molecular weight is 430 g/mol. The van der Waals surface area contributed by atoms with Gasteiger partial charge in [-0.05, 0) is 24.0 Å². The molecule has 0 spiro atoms. The van der Waals surface area contributed by atoms with E-state index in [-0.39, 0.29) is 19.0 Å². The number of aliphatic hydroxyl groups is 1. The number of nitrogens with zero attached hydrogens (tertiary/aromatic N) is 3. The van der Waals surface area contributed by atoms with E-state index in [1.807, 2.05) is 30.3 Å². The lowest BCUT2D eigenvalue weighted by atomic mass is 9.99. The van der Waals surface area contributed by atoms with Crippen LogP contribution in [0, 0.1) is 0 Å². The SMILES string of the molecule is CCCCOc1nc(N)c2c(n1)C(C(O)c1ccc(CN3CCC(F)(F)C3)cc1)=CC2. The van der Waals surface area contributed by atoms with E-state index in [0.29, 0.717) is 48.8 Å². The quantitative estimate of drug-likeness (QED) is 0.621. The van der Waals surface area contributed by atoms with Gasteiger partial charge in [-0.25, -0.2) is 8.78 Å². The molecule has 1 saturated heterocycles. The predicted octanol–water partition coefficient (Wildman–Crippen LogP) is 3.75. The lowest BCUT2D eigenvalue weighted by Gasteiger charge is -2.17. The highest BCUT2D eigenvalue weighted by Gasteiger charge is 2.37. The van der Waals surface area contributed by atoms with Crippen molar-refractivity contribution in [2.24, 2.45) is 0 Å². The number of nitrogens with two attached hydrogens (primary N) is 1. The maximum atomic E-state index is 13.4. The van der Waals surface area contributed by atoms with Crippen LogP contribution in [-0.4, -0.2) is 45.6 Å². The number of halogens is 2. The number of nitrogen functional groups attached to an aromatic ring is 1. The number of hydrogen-bond acceptors (Lipinski definition) is 6. The molecule has 8 heteroatoms. The van der Waals surface area contributed by atoms with E-state index in [9.17, 15) is 13.9 Å². The van der Waals surface area contributed by atoms with Gasteiger partial charge in [0.25, 0.3) is 5.92 Å². The first-order chi connectivity index (χ1) is 14.9. The molecule has 0 saturated carbocycles. The lowest BCUT2D eigenvalue weighted by molar-refractivity contribution is 0.0115. The summed E-state index contributed by atoms with van der Waals surface area (Å²) < 4.78 is 32.4. The normalized spacial score (nSPS) is 18.6. The zero-order valence-corrected chi connectivity index (χ0v) is 17.7.